The molecule has 1 amide bonds. The van der Waals surface area contributed by atoms with Crippen molar-refractivity contribution in [1.82, 2.24) is 4.90 Å². The highest BCUT2D eigenvalue weighted by Crippen LogP contribution is 2.30. The van der Waals surface area contributed by atoms with Crippen molar-refractivity contribution in [3.63, 3.8) is 0 Å². The standard InChI is InChI=1S/C13H19NO3S2/c1-9-7-18-8-10(9)13(15)14(2)11-5-4-6-12(11)19(3,16)17/h7-8,11-12H,4-6H2,1-3H3. The second-order valence-electron chi connectivity index (χ2n) is 5.25. The minimum absolute atomic E-state index is 0.0701. The summed E-state index contributed by atoms with van der Waals surface area (Å²) in [5, 5.41) is 3.35. The van der Waals surface area contributed by atoms with E-state index in [1.165, 1.54) is 17.6 Å². The average Bonchev–Trinajstić information content (AvgIpc) is 2.94. The number of rotatable bonds is 3. The summed E-state index contributed by atoms with van der Waals surface area (Å²) < 4.78 is 23.6. The molecule has 0 N–H and O–H groups in total. The van der Waals surface area contributed by atoms with E-state index in [2.05, 4.69) is 0 Å². The van der Waals surface area contributed by atoms with Gasteiger partial charge in [-0.15, -0.1) is 0 Å². The predicted octanol–water partition coefficient (Wildman–Crippen LogP) is 2.09. The van der Waals surface area contributed by atoms with Crippen LogP contribution >= 0.6 is 11.3 Å². The zero-order valence-corrected chi connectivity index (χ0v) is 13.1. The van der Waals surface area contributed by atoms with E-state index in [4.69, 9.17) is 0 Å². The number of thiophene rings is 1. The maximum Gasteiger partial charge on any atom is 0.254 e. The Morgan fingerprint density at radius 2 is 2.05 bits per heavy atom. The van der Waals surface area contributed by atoms with E-state index < -0.39 is 15.1 Å². The van der Waals surface area contributed by atoms with Gasteiger partial charge in [0.15, 0.2) is 9.84 Å². The molecule has 0 bridgehead atoms. The Morgan fingerprint density at radius 3 is 2.58 bits per heavy atom. The lowest BCUT2D eigenvalue weighted by Crippen LogP contribution is -2.44. The molecule has 106 valence electrons. The summed E-state index contributed by atoms with van der Waals surface area (Å²) in [4.78, 5) is 14.0. The van der Waals surface area contributed by atoms with Crippen LogP contribution in [-0.4, -0.2) is 43.8 Å². The maximum atomic E-state index is 12.4. The van der Waals surface area contributed by atoms with Gasteiger partial charge in [0.2, 0.25) is 0 Å². The Hall–Kier alpha value is -0.880. The normalized spacial score (nSPS) is 23.5. The third kappa shape index (κ3) is 2.84. The molecule has 1 aromatic rings. The Balaban J connectivity index is 2.22. The summed E-state index contributed by atoms with van der Waals surface area (Å²) in [6.07, 6.45) is 3.56. The minimum atomic E-state index is -3.10. The van der Waals surface area contributed by atoms with Crippen molar-refractivity contribution >= 4 is 27.1 Å². The molecule has 0 saturated heterocycles. The summed E-state index contributed by atoms with van der Waals surface area (Å²) in [6, 6.07) is -0.193. The summed E-state index contributed by atoms with van der Waals surface area (Å²) in [5.41, 5.74) is 1.64. The molecule has 0 spiro atoms. The van der Waals surface area contributed by atoms with Gasteiger partial charge in [0.25, 0.3) is 5.91 Å². The third-order valence-electron chi connectivity index (χ3n) is 3.87. The van der Waals surface area contributed by atoms with Gasteiger partial charge in [-0.05, 0) is 37.1 Å². The molecule has 4 nitrogen and oxygen atoms in total. The molecule has 1 aromatic heterocycles. The van der Waals surface area contributed by atoms with E-state index in [9.17, 15) is 13.2 Å². The summed E-state index contributed by atoms with van der Waals surface area (Å²) in [5.74, 6) is -0.0701. The highest BCUT2D eigenvalue weighted by molar-refractivity contribution is 7.91. The molecule has 2 rings (SSSR count). The summed E-state index contributed by atoms with van der Waals surface area (Å²) in [7, 11) is -1.38. The predicted molar refractivity (Wildman–Crippen MR) is 77.4 cm³/mol. The van der Waals surface area contributed by atoms with Gasteiger partial charge in [-0.1, -0.05) is 0 Å². The quantitative estimate of drug-likeness (QED) is 0.859. The fourth-order valence-electron chi connectivity index (χ4n) is 2.77. The zero-order chi connectivity index (χ0) is 14.2. The fraction of sp³-hybridized carbons (Fsp3) is 0.615. The second kappa shape index (κ2) is 5.25. The molecule has 2 unspecified atom stereocenters. The number of amides is 1. The van der Waals surface area contributed by atoms with Gasteiger partial charge in [0.05, 0.1) is 10.8 Å². The van der Waals surface area contributed by atoms with Gasteiger partial charge >= 0.3 is 0 Å². The first-order valence-electron chi connectivity index (χ1n) is 6.31. The number of sulfone groups is 1. The highest BCUT2D eigenvalue weighted by Gasteiger charge is 2.39. The summed E-state index contributed by atoms with van der Waals surface area (Å²) in [6.45, 7) is 1.90. The number of carbonyl (C=O) groups is 1. The highest BCUT2D eigenvalue weighted by atomic mass is 32.2. The van der Waals surface area contributed by atoms with Crippen LogP contribution in [0.25, 0.3) is 0 Å². The molecule has 1 heterocycles. The van der Waals surface area contributed by atoms with Crippen LogP contribution in [0.2, 0.25) is 0 Å². The molecule has 1 aliphatic rings. The van der Waals surface area contributed by atoms with Crippen LogP contribution in [0.15, 0.2) is 10.8 Å². The monoisotopic (exact) mass is 301 g/mol. The molecule has 0 aliphatic heterocycles. The van der Waals surface area contributed by atoms with Crippen LogP contribution < -0.4 is 0 Å². The van der Waals surface area contributed by atoms with Gasteiger partial charge in [-0.25, -0.2) is 8.42 Å². The van der Waals surface area contributed by atoms with Crippen molar-refractivity contribution < 1.29 is 13.2 Å². The largest absolute Gasteiger partial charge is 0.337 e. The van der Waals surface area contributed by atoms with Crippen LogP contribution in [0.1, 0.15) is 35.2 Å². The molecule has 1 saturated carbocycles. The first-order chi connectivity index (χ1) is 8.82. The Kier molecular flexibility index (Phi) is 4.01. The van der Waals surface area contributed by atoms with Gasteiger partial charge in [-0.3, -0.25) is 4.79 Å². The number of aryl methyl sites for hydroxylation is 1. The Labute approximate surface area is 118 Å². The lowest BCUT2D eigenvalue weighted by molar-refractivity contribution is 0.0737. The van der Waals surface area contributed by atoms with Crippen molar-refractivity contribution in [3.05, 3.63) is 21.9 Å². The molecule has 19 heavy (non-hydrogen) atoms. The smallest absolute Gasteiger partial charge is 0.254 e. The minimum Gasteiger partial charge on any atom is -0.337 e. The van der Waals surface area contributed by atoms with E-state index in [0.717, 1.165) is 18.4 Å². The fourth-order valence-corrected chi connectivity index (χ4v) is 5.08. The molecule has 1 aliphatic carbocycles. The van der Waals surface area contributed by atoms with Crippen molar-refractivity contribution in [2.24, 2.45) is 0 Å². The zero-order valence-electron chi connectivity index (χ0n) is 11.4. The Bertz CT molecular complexity index is 576. The lowest BCUT2D eigenvalue weighted by atomic mass is 10.1. The van der Waals surface area contributed by atoms with E-state index in [0.29, 0.717) is 12.0 Å². The van der Waals surface area contributed by atoms with Gasteiger partial charge in [0, 0.05) is 24.7 Å². The van der Waals surface area contributed by atoms with Gasteiger partial charge in [0.1, 0.15) is 0 Å². The molecular weight excluding hydrogens is 282 g/mol. The van der Waals surface area contributed by atoms with Crippen LogP contribution in [0.4, 0.5) is 0 Å². The van der Waals surface area contributed by atoms with Crippen molar-refractivity contribution in [3.8, 4) is 0 Å². The number of carbonyl (C=O) groups excluding carboxylic acids is 1. The van der Waals surface area contributed by atoms with Gasteiger partial charge in [-0.2, -0.15) is 11.3 Å². The van der Waals surface area contributed by atoms with Crippen LogP contribution in [0.3, 0.4) is 0 Å². The number of hydrogen-bond acceptors (Lipinski definition) is 4. The van der Waals surface area contributed by atoms with Crippen molar-refractivity contribution in [1.29, 1.82) is 0 Å². The lowest BCUT2D eigenvalue weighted by Gasteiger charge is -2.28. The van der Waals surface area contributed by atoms with Crippen LogP contribution in [-0.2, 0) is 9.84 Å². The molecule has 6 heteroatoms. The molecular formula is C13H19NO3S2. The number of nitrogens with zero attached hydrogens (tertiary/aromatic N) is 1. The van der Waals surface area contributed by atoms with E-state index in [-0.39, 0.29) is 11.9 Å². The van der Waals surface area contributed by atoms with E-state index in [1.807, 2.05) is 17.7 Å². The summed E-state index contributed by atoms with van der Waals surface area (Å²) >= 11 is 1.50. The number of hydrogen-bond donors (Lipinski definition) is 0. The first-order valence-corrected chi connectivity index (χ1v) is 9.21. The van der Waals surface area contributed by atoms with E-state index in [1.54, 1.807) is 11.9 Å². The molecule has 0 radical (unpaired) electrons. The van der Waals surface area contributed by atoms with E-state index >= 15 is 0 Å². The Morgan fingerprint density at radius 1 is 1.37 bits per heavy atom. The average molecular weight is 301 g/mol. The first kappa shape index (κ1) is 14.5. The van der Waals surface area contributed by atoms with Crippen molar-refractivity contribution in [2.45, 2.75) is 37.5 Å². The van der Waals surface area contributed by atoms with Crippen molar-refractivity contribution in [2.75, 3.05) is 13.3 Å². The molecule has 0 aromatic carbocycles. The third-order valence-corrected chi connectivity index (χ3v) is 6.38. The topological polar surface area (TPSA) is 54.5 Å². The molecule has 2 atom stereocenters. The van der Waals surface area contributed by atoms with Crippen LogP contribution in [0.5, 0.6) is 0 Å². The molecule has 1 fully saturated rings. The SMILES string of the molecule is Cc1cscc1C(=O)N(C)C1CCCC1S(C)(=O)=O. The van der Waals surface area contributed by atoms with Crippen LogP contribution in [0, 0.1) is 6.92 Å². The second-order valence-corrected chi connectivity index (χ2v) is 8.26. The van der Waals surface area contributed by atoms with Gasteiger partial charge < -0.3 is 4.90 Å². The maximum absolute atomic E-state index is 12.4.